The summed E-state index contributed by atoms with van der Waals surface area (Å²) in [6, 6.07) is 21.0. The summed E-state index contributed by atoms with van der Waals surface area (Å²) in [6.45, 7) is 0. The van der Waals surface area contributed by atoms with Crippen molar-refractivity contribution in [2.24, 2.45) is 5.10 Å². The van der Waals surface area contributed by atoms with Crippen LogP contribution in [0.4, 0.5) is 11.4 Å². The Hall–Kier alpha value is -3.64. The van der Waals surface area contributed by atoms with Crippen LogP contribution >= 0.6 is 11.6 Å². The van der Waals surface area contributed by atoms with Crippen LogP contribution in [0.2, 0.25) is 5.02 Å². The Labute approximate surface area is 180 Å². The molecule has 0 aliphatic rings. The molecule has 0 atom stereocenters. The standard InChI is InChI=1S/C23H21ClN4O2/c1-28(2)19-13-7-16(8-14-19)15-25-27-23(30)20-5-3-4-6-21(20)26-22(29)17-9-11-18(24)12-10-17/h3-15H,1-2H3,(H,26,29)(H,27,30). The molecule has 30 heavy (non-hydrogen) atoms. The minimum Gasteiger partial charge on any atom is -0.378 e. The van der Waals surface area contributed by atoms with Gasteiger partial charge in [-0.2, -0.15) is 5.10 Å². The van der Waals surface area contributed by atoms with E-state index in [4.69, 9.17) is 11.6 Å². The molecule has 0 fully saturated rings. The van der Waals surface area contributed by atoms with E-state index in [0.29, 0.717) is 21.8 Å². The third kappa shape index (κ3) is 5.46. The number of para-hydroxylation sites is 1. The number of amides is 2. The number of carbonyl (C=O) groups is 2. The number of anilines is 2. The van der Waals surface area contributed by atoms with Crippen LogP contribution in [0.3, 0.4) is 0 Å². The lowest BCUT2D eigenvalue weighted by molar-refractivity contribution is 0.0956. The Morgan fingerprint density at radius 3 is 2.23 bits per heavy atom. The molecule has 0 saturated carbocycles. The van der Waals surface area contributed by atoms with Gasteiger partial charge in [0.1, 0.15) is 0 Å². The molecule has 0 unspecified atom stereocenters. The summed E-state index contributed by atoms with van der Waals surface area (Å²) in [4.78, 5) is 27.0. The molecule has 0 saturated heterocycles. The van der Waals surface area contributed by atoms with Crippen molar-refractivity contribution in [2.75, 3.05) is 24.3 Å². The van der Waals surface area contributed by atoms with E-state index in [1.165, 1.54) is 0 Å². The van der Waals surface area contributed by atoms with Crippen LogP contribution in [-0.2, 0) is 0 Å². The maximum absolute atomic E-state index is 12.6. The fraction of sp³-hybridized carbons (Fsp3) is 0.0870. The molecule has 3 aromatic carbocycles. The summed E-state index contributed by atoms with van der Waals surface area (Å²) < 4.78 is 0. The lowest BCUT2D eigenvalue weighted by atomic mass is 10.1. The van der Waals surface area contributed by atoms with Crippen LogP contribution in [0.15, 0.2) is 77.9 Å². The molecule has 3 rings (SSSR count). The maximum Gasteiger partial charge on any atom is 0.273 e. The Morgan fingerprint density at radius 1 is 0.900 bits per heavy atom. The number of nitrogens with one attached hydrogen (secondary N) is 2. The van der Waals surface area contributed by atoms with E-state index in [2.05, 4.69) is 15.8 Å². The van der Waals surface area contributed by atoms with Crippen molar-refractivity contribution in [1.82, 2.24) is 5.43 Å². The van der Waals surface area contributed by atoms with Gasteiger partial charge < -0.3 is 10.2 Å². The van der Waals surface area contributed by atoms with Gasteiger partial charge in [0, 0.05) is 30.4 Å². The SMILES string of the molecule is CN(C)c1ccc(C=NNC(=O)c2ccccc2NC(=O)c2ccc(Cl)cc2)cc1. The molecule has 0 spiro atoms. The fourth-order valence-electron chi connectivity index (χ4n) is 2.67. The van der Waals surface area contributed by atoms with E-state index in [9.17, 15) is 9.59 Å². The average Bonchev–Trinajstić information content (AvgIpc) is 2.75. The second kappa shape index (κ2) is 9.71. The second-order valence-corrected chi connectivity index (χ2v) is 7.13. The summed E-state index contributed by atoms with van der Waals surface area (Å²) >= 11 is 5.86. The molecule has 0 aliphatic carbocycles. The molecule has 6 nitrogen and oxygen atoms in total. The van der Waals surface area contributed by atoms with Gasteiger partial charge in [-0.05, 0) is 54.1 Å². The molecule has 0 radical (unpaired) electrons. The molecule has 0 aromatic heterocycles. The van der Waals surface area contributed by atoms with E-state index in [1.54, 1.807) is 54.7 Å². The number of rotatable bonds is 6. The van der Waals surface area contributed by atoms with E-state index in [1.807, 2.05) is 43.3 Å². The number of benzene rings is 3. The van der Waals surface area contributed by atoms with Crippen LogP contribution in [0.1, 0.15) is 26.3 Å². The Balaban J connectivity index is 1.67. The topological polar surface area (TPSA) is 73.8 Å². The largest absolute Gasteiger partial charge is 0.378 e. The third-order valence-electron chi connectivity index (χ3n) is 4.32. The fourth-order valence-corrected chi connectivity index (χ4v) is 2.80. The van der Waals surface area contributed by atoms with Gasteiger partial charge in [0.2, 0.25) is 0 Å². The van der Waals surface area contributed by atoms with Crippen molar-refractivity contribution in [3.8, 4) is 0 Å². The first-order valence-corrected chi connectivity index (χ1v) is 9.58. The number of hydrogen-bond donors (Lipinski definition) is 2. The van der Waals surface area contributed by atoms with Gasteiger partial charge in [-0.25, -0.2) is 5.43 Å². The lowest BCUT2D eigenvalue weighted by Gasteiger charge is -2.11. The number of halogens is 1. The summed E-state index contributed by atoms with van der Waals surface area (Å²) in [7, 11) is 3.93. The highest BCUT2D eigenvalue weighted by atomic mass is 35.5. The summed E-state index contributed by atoms with van der Waals surface area (Å²) in [5.74, 6) is -0.764. The smallest absolute Gasteiger partial charge is 0.273 e. The van der Waals surface area contributed by atoms with Gasteiger partial charge in [0.15, 0.2) is 0 Å². The normalized spacial score (nSPS) is 10.6. The van der Waals surface area contributed by atoms with Crippen LogP contribution in [0, 0.1) is 0 Å². The lowest BCUT2D eigenvalue weighted by Crippen LogP contribution is -2.21. The Bertz CT molecular complexity index is 1060. The summed E-state index contributed by atoms with van der Waals surface area (Å²) in [6.07, 6.45) is 1.56. The molecule has 2 N–H and O–H groups in total. The highest BCUT2D eigenvalue weighted by Crippen LogP contribution is 2.17. The van der Waals surface area contributed by atoms with Crippen LogP contribution < -0.4 is 15.6 Å². The minimum atomic E-state index is -0.428. The van der Waals surface area contributed by atoms with Gasteiger partial charge >= 0.3 is 0 Å². The first-order chi connectivity index (χ1) is 14.4. The van der Waals surface area contributed by atoms with Crippen molar-refractivity contribution in [3.05, 3.63) is 94.5 Å². The van der Waals surface area contributed by atoms with Gasteiger partial charge in [0.25, 0.3) is 11.8 Å². The molecule has 0 heterocycles. The maximum atomic E-state index is 12.6. The zero-order chi connectivity index (χ0) is 21.5. The number of hydrazone groups is 1. The van der Waals surface area contributed by atoms with Crippen LogP contribution in [0.5, 0.6) is 0 Å². The van der Waals surface area contributed by atoms with Gasteiger partial charge in [0.05, 0.1) is 17.5 Å². The molecule has 7 heteroatoms. The zero-order valence-electron chi connectivity index (χ0n) is 16.6. The van der Waals surface area contributed by atoms with Gasteiger partial charge in [-0.3, -0.25) is 9.59 Å². The van der Waals surface area contributed by atoms with E-state index in [0.717, 1.165) is 11.3 Å². The molecule has 3 aromatic rings. The molecular formula is C23H21ClN4O2. The van der Waals surface area contributed by atoms with Gasteiger partial charge in [-0.1, -0.05) is 35.9 Å². The van der Waals surface area contributed by atoms with Crippen molar-refractivity contribution in [2.45, 2.75) is 0 Å². The third-order valence-corrected chi connectivity index (χ3v) is 4.57. The number of carbonyl (C=O) groups excluding carboxylic acids is 2. The van der Waals surface area contributed by atoms with E-state index < -0.39 is 5.91 Å². The predicted octanol–water partition coefficient (Wildman–Crippen LogP) is 4.42. The minimum absolute atomic E-state index is 0.305. The molecule has 0 bridgehead atoms. The molecule has 152 valence electrons. The summed E-state index contributed by atoms with van der Waals surface area (Å²) in [5.41, 5.74) is 5.55. The molecule has 2 amide bonds. The first-order valence-electron chi connectivity index (χ1n) is 9.21. The summed E-state index contributed by atoms with van der Waals surface area (Å²) in [5, 5.41) is 7.31. The van der Waals surface area contributed by atoms with Gasteiger partial charge in [-0.15, -0.1) is 0 Å². The second-order valence-electron chi connectivity index (χ2n) is 6.69. The first kappa shape index (κ1) is 21.1. The Kier molecular flexibility index (Phi) is 6.83. The zero-order valence-corrected chi connectivity index (χ0v) is 17.4. The number of nitrogens with zero attached hydrogens (tertiary/aromatic N) is 2. The quantitative estimate of drug-likeness (QED) is 0.458. The molecular weight excluding hydrogens is 400 g/mol. The Morgan fingerprint density at radius 2 is 1.57 bits per heavy atom. The highest BCUT2D eigenvalue weighted by Gasteiger charge is 2.13. The monoisotopic (exact) mass is 420 g/mol. The van der Waals surface area contributed by atoms with Crippen molar-refractivity contribution in [3.63, 3.8) is 0 Å². The van der Waals surface area contributed by atoms with E-state index in [-0.39, 0.29) is 5.91 Å². The average molecular weight is 421 g/mol. The predicted molar refractivity (Wildman–Crippen MR) is 122 cm³/mol. The van der Waals surface area contributed by atoms with Crippen molar-refractivity contribution < 1.29 is 9.59 Å². The molecule has 0 aliphatic heterocycles. The van der Waals surface area contributed by atoms with Crippen molar-refractivity contribution >= 4 is 41.0 Å². The number of hydrogen-bond acceptors (Lipinski definition) is 4. The van der Waals surface area contributed by atoms with Crippen molar-refractivity contribution in [1.29, 1.82) is 0 Å². The van der Waals surface area contributed by atoms with E-state index >= 15 is 0 Å². The van der Waals surface area contributed by atoms with Crippen LogP contribution in [-0.4, -0.2) is 32.1 Å². The van der Waals surface area contributed by atoms with Crippen LogP contribution in [0.25, 0.3) is 0 Å². The highest BCUT2D eigenvalue weighted by molar-refractivity contribution is 6.30.